The van der Waals surface area contributed by atoms with Crippen molar-refractivity contribution in [1.82, 2.24) is 19.5 Å². The number of hydrogen-bond donors (Lipinski definition) is 1. The summed E-state index contributed by atoms with van der Waals surface area (Å²) in [6.07, 6.45) is 8.37. The van der Waals surface area contributed by atoms with Crippen LogP contribution in [0.5, 0.6) is 0 Å². The Labute approximate surface area is 262 Å². The van der Waals surface area contributed by atoms with Crippen LogP contribution in [-0.2, 0) is 0 Å². The molecule has 3 aromatic heterocycles. The maximum atomic E-state index is 5.05. The number of benzene rings is 3. The molecule has 1 N–H and O–H groups in total. The SMILES string of the molecule is Cc1ccc(-c2c(-c3ccc(C)cc3)c3cc4nc(cc5ccc(cc6nc(cc2n3-c2ccc(C)cc2)C=C6)[nH]5)C=C4)cc1. The second kappa shape index (κ2) is 10.8. The molecule has 0 amide bonds. The van der Waals surface area contributed by atoms with Crippen molar-refractivity contribution in [2.45, 2.75) is 20.8 Å². The number of fused-ring (bicyclic) bond motifs is 8. The van der Waals surface area contributed by atoms with Crippen molar-refractivity contribution in [3.05, 3.63) is 149 Å². The minimum Gasteiger partial charge on any atom is -0.355 e. The fraction of sp³-hybridized carbons (Fsp3) is 0.0732. The Morgan fingerprint density at radius 2 is 0.822 bits per heavy atom. The third-order valence-electron chi connectivity index (χ3n) is 8.49. The van der Waals surface area contributed by atoms with Gasteiger partial charge in [0.2, 0.25) is 0 Å². The minimum atomic E-state index is 0.904. The van der Waals surface area contributed by atoms with E-state index in [1.54, 1.807) is 0 Å². The molecule has 4 nitrogen and oxygen atoms in total. The highest BCUT2D eigenvalue weighted by molar-refractivity contribution is 6.05. The van der Waals surface area contributed by atoms with Gasteiger partial charge in [0.1, 0.15) is 0 Å². The minimum absolute atomic E-state index is 0.904. The fourth-order valence-electron chi connectivity index (χ4n) is 6.19. The molecular formula is C41H32N4. The van der Waals surface area contributed by atoms with Crippen LogP contribution in [-0.4, -0.2) is 19.5 Å². The first-order chi connectivity index (χ1) is 22.0. The Kier molecular flexibility index (Phi) is 6.42. The van der Waals surface area contributed by atoms with Gasteiger partial charge in [-0.2, -0.15) is 0 Å². The molecule has 0 fully saturated rings. The average Bonchev–Trinajstić information content (AvgIpc) is 3.83. The topological polar surface area (TPSA) is 46.5 Å². The van der Waals surface area contributed by atoms with Gasteiger partial charge in [0.15, 0.2) is 0 Å². The fourth-order valence-corrected chi connectivity index (χ4v) is 6.19. The second-order valence-corrected chi connectivity index (χ2v) is 12.0. The molecule has 0 saturated carbocycles. The summed E-state index contributed by atoms with van der Waals surface area (Å²) in [7, 11) is 0. The van der Waals surface area contributed by atoms with E-state index in [0.29, 0.717) is 0 Å². The van der Waals surface area contributed by atoms with Crippen LogP contribution in [0, 0.1) is 20.8 Å². The van der Waals surface area contributed by atoms with Crippen LogP contribution >= 0.6 is 0 Å². The first kappa shape index (κ1) is 26.9. The van der Waals surface area contributed by atoms with Crippen LogP contribution in [0.25, 0.3) is 74.3 Å². The zero-order valence-corrected chi connectivity index (χ0v) is 25.5. The van der Waals surface area contributed by atoms with Crippen LogP contribution in [0.1, 0.15) is 39.5 Å². The van der Waals surface area contributed by atoms with Crippen LogP contribution < -0.4 is 0 Å². The van der Waals surface area contributed by atoms with Gasteiger partial charge < -0.3 is 9.55 Å². The Balaban J connectivity index is 1.62. The highest BCUT2D eigenvalue weighted by atomic mass is 15.0. The summed E-state index contributed by atoms with van der Waals surface area (Å²) in [6, 6.07) is 39.3. The van der Waals surface area contributed by atoms with Crippen molar-refractivity contribution in [3.63, 3.8) is 0 Å². The van der Waals surface area contributed by atoms with E-state index < -0.39 is 0 Å². The van der Waals surface area contributed by atoms with Gasteiger partial charge in [0.25, 0.3) is 0 Å². The van der Waals surface area contributed by atoms with Gasteiger partial charge in [0.05, 0.1) is 33.8 Å². The van der Waals surface area contributed by atoms with E-state index in [4.69, 9.17) is 9.97 Å². The predicted molar refractivity (Wildman–Crippen MR) is 189 cm³/mol. The molecule has 3 aromatic carbocycles. The van der Waals surface area contributed by atoms with Gasteiger partial charge in [-0.1, -0.05) is 77.4 Å². The van der Waals surface area contributed by atoms with Crippen molar-refractivity contribution >= 4 is 46.4 Å². The zero-order valence-electron chi connectivity index (χ0n) is 25.5. The molecule has 8 bridgehead atoms. The molecular weight excluding hydrogens is 548 g/mol. The lowest BCUT2D eigenvalue weighted by Gasteiger charge is -2.09. The molecule has 0 spiro atoms. The molecule has 45 heavy (non-hydrogen) atoms. The normalized spacial score (nSPS) is 12.2. The van der Waals surface area contributed by atoms with Crippen LogP contribution in [0.4, 0.5) is 0 Å². The molecule has 5 heterocycles. The lowest BCUT2D eigenvalue weighted by molar-refractivity contribution is 1.16. The number of aryl methyl sites for hydroxylation is 3. The molecule has 2 aliphatic rings. The van der Waals surface area contributed by atoms with Gasteiger partial charge in [-0.25, -0.2) is 9.97 Å². The van der Waals surface area contributed by atoms with Crippen molar-refractivity contribution in [2.24, 2.45) is 0 Å². The van der Waals surface area contributed by atoms with Gasteiger partial charge in [-0.15, -0.1) is 0 Å². The Morgan fingerprint density at radius 3 is 1.24 bits per heavy atom. The summed E-state index contributed by atoms with van der Waals surface area (Å²) in [5.74, 6) is 0. The van der Waals surface area contributed by atoms with E-state index in [1.165, 1.54) is 16.7 Å². The number of nitrogens with zero attached hydrogens (tertiary/aromatic N) is 3. The van der Waals surface area contributed by atoms with Crippen LogP contribution in [0.3, 0.4) is 0 Å². The summed E-state index contributed by atoms with van der Waals surface area (Å²) in [5, 5.41) is 0. The average molecular weight is 581 g/mol. The molecule has 2 aliphatic heterocycles. The Hall–Kier alpha value is -5.74. The first-order valence-electron chi connectivity index (χ1n) is 15.3. The highest BCUT2D eigenvalue weighted by Gasteiger charge is 2.21. The number of rotatable bonds is 3. The van der Waals surface area contributed by atoms with E-state index in [9.17, 15) is 0 Å². The molecule has 0 atom stereocenters. The number of H-pyrrole nitrogens is 1. The van der Waals surface area contributed by atoms with E-state index in [-0.39, 0.29) is 0 Å². The van der Waals surface area contributed by atoms with Gasteiger partial charge >= 0.3 is 0 Å². The molecule has 0 radical (unpaired) electrons. The van der Waals surface area contributed by atoms with E-state index in [1.807, 2.05) is 0 Å². The predicted octanol–water partition coefficient (Wildman–Crippen LogP) is 10.4. The summed E-state index contributed by atoms with van der Waals surface area (Å²) in [5.41, 5.74) is 17.2. The molecule has 216 valence electrons. The van der Waals surface area contributed by atoms with E-state index in [0.717, 1.165) is 72.8 Å². The molecule has 6 aromatic rings. The number of nitrogens with one attached hydrogen (secondary N) is 1. The monoisotopic (exact) mass is 580 g/mol. The van der Waals surface area contributed by atoms with Crippen molar-refractivity contribution in [3.8, 4) is 27.9 Å². The van der Waals surface area contributed by atoms with E-state index in [2.05, 4.69) is 164 Å². The molecule has 4 heteroatoms. The quantitative estimate of drug-likeness (QED) is 0.226. The summed E-state index contributed by atoms with van der Waals surface area (Å²) in [6.45, 7) is 6.40. The molecule has 0 unspecified atom stereocenters. The van der Waals surface area contributed by atoms with Crippen molar-refractivity contribution in [1.29, 1.82) is 0 Å². The van der Waals surface area contributed by atoms with Crippen molar-refractivity contribution < 1.29 is 0 Å². The maximum absolute atomic E-state index is 5.05. The number of aromatic amines is 1. The summed E-state index contributed by atoms with van der Waals surface area (Å²) in [4.78, 5) is 13.6. The van der Waals surface area contributed by atoms with Gasteiger partial charge in [0, 0.05) is 27.8 Å². The highest BCUT2D eigenvalue weighted by Crippen LogP contribution is 2.43. The standard InChI is InChI=1S/C41H32N4/c1-26-4-10-29(11-5-26)40-38-24-35-18-16-33(43-35)22-31-14-15-32(42-31)23-34-17-19-36(44-34)25-39(41(40)30-12-6-27(2)7-13-30)45(38)37-20-8-28(3)9-21-37/h4-25,42H,1-3H3. The molecule has 0 saturated heterocycles. The Bertz CT molecular complexity index is 2170. The molecule has 0 aliphatic carbocycles. The van der Waals surface area contributed by atoms with Crippen LogP contribution in [0.2, 0.25) is 0 Å². The largest absolute Gasteiger partial charge is 0.355 e. The lowest BCUT2D eigenvalue weighted by atomic mass is 9.95. The molecule has 8 rings (SSSR count). The third-order valence-corrected chi connectivity index (χ3v) is 8.49. The Morgan fingerprint density at radius 1 is 0.444 bits per heavy atom. The van der Waals surface area contributed by atoms with Crippen molar-refractivity contribution in [2.75, 3.05) is 0 Å². The summed E-state index contributed by atoms with van der Waals surface area (Å²) < 4.78 is 2.38. The summed E-state index contributed by atoms with van der Waals surface area (Å²) >= 11 is 0. The maximum Gasteiger partial charge on any atom is 0.0658 e. The van der Waals surface area contributed by atoms with E-state index >= 15 is 0 Å². The van der Waals surface area contributed by atoms with Gasteiger partial charge in [-0.3, -0.25) is 0 Å². The first-order valence-corrected chi connectivity index (χ1v) is 15.3. The number of hydrogen-bond acceptors (Lipinski definition) is 2. The lowest BCUT2D eigenvalue weighted by Crippen LogP contribution is -1.94. The second-order valence-electron chi connectivity index (χ2n) is 12.0. The van der Waals surface area contributed by atoms with Gasteiger partial charge in [-0.05, 0) is 105 Å². The van der Waals surface area contributed by atoms with Crippen LogP contribution in [0.15, 0.2) is 109 Å². The smallest absolute Gasteiger partial charge is 0.0658 e. The number of aromatic nitrogens is 4. The zero-order chi connectivity index (χ0) is 30.5. The third kappa shape index (κ3) is 5.11.